The molecule has 7 heteroatoms. The molecule has 0 saturated heterocycles. The van der Waals surface area contributed by atoms with Crippen LogP contribution in [0.5, 0.6) is 0 Å². The van der Waals surface area contributed by atoms with Crippen LogP contribution in [0.1, 0.15) is 31.2 Å². The molecule has 0 saturated carbocycles. The van der Waals surface area contributed by atoms with Crippen LogP contribution in [-0.2, 0) is 25.2 Å². The minimum Gasteiger partial charge on any atom is -0.481 e. The van der Waals surface area contributed by atoms with E-state index in [1.165, 1.54) is 6.26 Å². The number of sulfone groups is 1. The van der Waals surface area contributed by atoms with Crippen molar-refractivity contribution in [3.05, 3.63) is 29.8 Å². The highest BCUT2D eigenvalue weighted by Gasteiger charge is 2.06. The highest BCUT2D eigenvalue weighted by atomic mass is 32.2. The zero-order valence-electron chi connectivity index (χ0n) is 11.8. The molecule has 0 heterocycles. The molecule has 0 aliphatic heterocycles. The number of hydrogen-bond acceptors (Lipinski definition) is 4. The van der Waals surface area contributed by atoms with E-state index in [0.717, 1.165) is 0 Å². The molecule has 21 heavy (non-hydrogen) atoms. The van der Waals surface area contributed by atoms with Gasteiger partial charge in [-0.2, -0.15) is 0 Å². The van der Waals surface area contributed by atoms with Crippen molar-refractivity contribution >= 4 is 27.4 Å². The number of carboxylic acids is 1. The third-order valence-corrected chi connectivity index (χ3v) is 3.57. The first-order valence-electron chi connectivity index (χ1n) is 6.54. The number of unbranched alkanes of at least 4 members (excludes halogenated alkanes) is 1. The molecule has 0 fully saturated rings. The largest absolute Gasteiger partial charge is 0.481 e. The monoisotopic (exact) mass is 313 g/mol. The van der Waals surface area contributed by atoms with Gasteiger partial charge in [-0.05, 0) is 30.5 Å². The normalized spacial score (nSPS) is 11.1. The van der Waals surface area contributed by atoms with Crippen LogP contribution in [0.15, 0.2) is 24.3 Å². The molecule has 1 aromatic carbocycles. The van der Waals surface area contributed by atoms with Crippen molar-refractivity contribution in [3.8, 4) is 0 Å². The number of carbonyl (C=O) groups is 2. The molecule has 0 aliphatic carbocycles. The Morgan fingerprint density at radius 1 is 1.10 bits per heavy atom. The van der Waals surface area contributed by atoms with Crippen molar-refractivity contribution < 1.29 is 23.1 Å². The summed E-state index contributed by atoms with van der Waals surface area (Å²) >= 11 is 0. The summed E-state index contributed by atoms with van der Waals surface area (Å²) in [5, 5.41) is 11.2. The van der Waals surface area contributed by atoms with Crippen molar-refractivity contribution in [1.29, 1.82) is 0 Å². The summed E-state index contributed by atoms with van der Waals surface area (Å²) in [5.41, 5.74) is 1.26. The van der Waals surface area contributed by atoms with E-state index in [0.29, 0.717) is 24.1 Å². The molecule has 6 nitrogen and oxygen atoms in total. The van der Waals surface area contributed by atoms with Crippen LogP contribution in [0.4, 0.5) is 5.69 Å². The summed E-state index contributed by atoms with van der Waals surface area (Å²) in [5.74, 6) is -1.08. The minimum atomic E-state index is -3.07. The van der Waals surface area contributed by atoms with Gasteiger partial charge in [0, 0.05) is 24.8 Å². The zero-order chi connectivity index (χ0) is 15.9. The molecule has 1 amide bonds. The van der Waals surface area contributed by atoms with Gasteiger partial charge in [-0.25, -0.2) is 8.42 Å². The predicted octanol–water partition coefficient (Wildman–Crippen LogP) is 1.81. The van der Waals surface area contributed by atoms with Gasteiger partial charge < -0.3 is 10.4 Å². The van der Waals surface area contributed by atoms with Gasteiger partial charge in [-0.1, -0.05) is 12.1 Å². The second-order valence-corrected chi connectivity index (χ2v) is 7.06. The first-order valence-corrected chi connectivity index (χ1v) is 8.60. The number of rotatable bonds is 8. The Labute approximate surface area is 124 Å². The average Bonchev–Trinajstić information content (AvgIpc) is 2.35. The van der Waals surface area contributed by atoms with Crippen LogP contribution in [0.2, 0.25) is 0 Å². The van der Waals surface area contributed by atoms with E-state index in [-0.39, 0.29) is 24.5 Å². The van der Waals surface area contributed by atoms with Gasteiger partial charge in [-0.3, -0.25) is 9.59 Å². The summed E-state index contributed by atoms with van der Waals surface area (Å²) in [6, 6.07) is 6.60. The van der Waals surface area contributed by atoms with Crippen LogP contribution in [0.25, 0.3) is 0 Å². The fourth-order valence-electron chi connectivity index (χ4n) is 1.77. The van der Waals surface area contributed by atoms with Crippen molar-refractivity contribution in [3.63, 3.8) is 0 Å². The maximum atomic E-state index is 11.6. The molecule has 0 aliphatic rings. The van der Waals surface area contributed by atoms with Gasteiger partial charge in [0.05, 0.1) is 5.75 Å². The van der Waals surface area contributed by atoms with Crippen LogP contribution < -0.4 is 5.32 Å². The SMILES string of the molecule is CS(=O)(=O)Cc1ccc(NC(=O)CCCCC(=O)O)cc1. The van der Waals surface area contributed by atoms with E-state index < -0.39 is 15.8 Å². The van der Waals surface area contributed by atoms with Crippen molar-refractivity contribution in [2.75, 3.05) is 11.6 Å². The molecule has 0 spiro atoms. The molecule has 0 radical (unpaired) electrons. The third kappa shape index (κ3) is 8.09. The maximum Gasteiger partial charge on any atom is 0.303 e. The quantitative estimate of drug-likeness (QED) is 0.713. The minimum absolute atomic E-state index is 0.0313. The second-order valence-electron chi connectivity index (χ2n) is 4.92. The number of anilines is 1. The lowest BCUT2D eigenvalue weighted by molar-refractivity contribution is -0.137. The van der Waals surface area contributed by atoms with E-state index in [9.17, 15) is 18.0 Å². The lowest BCUT2D eigenvalue weighted by atomic mass is 10.2. The van der Waals surface area contributed by atoms with Crippen molar-refractivity contribution in [2.24, 2.45) is 0 Å². The Balaban J connectivity index is 2.41. The van der Waals surface area contributed by atoms with Gasteiger partial charge in [0.25, 0.3) is 0 Å². The Morgan fingerprint density at radius 2 is 1.67 bits per heavy atom. The number of nitrogens with one attached hydrogen (secondary N) is 1. The highest BCUT2D eigenvalue weighted by Crippen LogP contribution is 2.12. The van der Waals surface area contributed by atoms with Gasteiger partial charge >= 0.3 is 5.97 Å². The van der Waals surface area contributed by atoms with Gasteiger partial charge in [0.15, 0.2) is 9.84 Å². The second kappa shape index (κ2) is 7.78. The summed E-state index contributed by atoms with van der Waals surface area (Å²) < 4.78 is 22.3. The van der Waals surface area contributed by atoms with E-state index in [1.54, 1.807) is 24.3 Å². The van der Waals surface area contributed by atoms with E-state index in [2.05, 4.69) is 5.32 Å². The van der Waals surface area contributed by atoms with Crippen LogP contribution >= 0.6 is 0 Å². The lowest BCUT2D eigenvalue weighted by Crippen LogP contribution is -2.11. The fraction of sp³-hybridized carbons (Fsp3) is 0.429. The maximum absolute atomic E-state index is 11.6. The smallest absolute Gasteiger partial charge is 0.303 e. The number of hydrogen-bond donors (Lipinski definition) is 2. The molecular formula is C14H19NO5S. The van der Waals surface area contributed by atoms with E-state index in [1.807, 2.05) is 0 Å². The van der Waals surface area contributed by atoms with Crippen molar-refractivity contribution in [2.45, 2.75) is 31.4 Å². The Bertz CT molecular complexity index is 592. The Kier molecular flexibility index (Phi) is 6.36. The molecule has 116 valence electrons. The molecule has 2 N–H and O–H groups in total. The predicted molar refractivity (Wildman–Crippen MR) is 79.7 cm³/mol. The van der Waals surface area contributed by atoms with Gasteiger partial charge in [-0.15, -0.1) is 0 Å². The third-order valence-electron chi connectivity index (χ3n) is 2.71. The molecule has 0 atom stereocenters. The number of carboxylic acid groups (broad SMARTS) is 1. The highest BCUT2D eigenvalue weighted by molar-refractivity contribution is 7.89. The fourth-order valence-corrected chi connectivity index (χ4v) is 2.57. The number of amides is 1. The molecule has 0 aromatic heterocycles. The molecule has 1 aromatic rings. The molecule has 0 unspecified atom stereocenters. The van der Waals surface area contributed by atoms with Crippen LogP contribution in [0.3, 0.4) is 0 Å². The number of carbonyl (C=O) groups excluding carboxylic acids is 1. The Morgan fingerprint density at radius 3 is 2.19 bits per heavy atom. The summed E-state index contributed by atoms with van der Waals surface area (Å²) in [6.07, 6.45) is 2.48. The first-order chi connectivity index (χ1) is 9.76. The zero-order valence-corrected chi connectivity index (χ0v) is 12.6. The first kappa shape index (κ1) is 17.2. The molecular weight excluding hydrogens is 294 g/mol. The summed E-state index contributed by atoms with van der Waals surface area (Å²) in [4.78, 5) is 21.9. The van der Waals surface area contributed by atoms with Crippen molar-refractivity contribution in [1.82, 2.24) is 0 Å². The summed E-state index contributed by atoms with van der Waals surface area (Å²) in [6.45, 7) is 0. The van der Waals surface area contributed by atoms with Crippen LogP contribution in [0, 0.1) is 0 Å². The van der Waals surface area contributed by atoms with E-state index in [4.69, 9.17) is 5.11 Å². The lowest BCUT2D eigenvalue weighted by Gasteiger charge is -2.06. The average molecular weight is 313 g/mol. The number of aliphatic carboxylic acids is 1. The van der Waals surface area contributed by atoms with Crippen LogP contribution in [-0.4, -0.2) is 31.7 Å². The standard InChI is InChI=1S/C14H19NO5S/c1-21(19,20)10-11-6-8-12(9-7-11)15-13(16)4-2-3-5-14(17)18/h6-9H,2-5,10H2,1H3,(H,15,16)(H,17,18). The topological polar surface area (TPSA) is 101 Å². The van der Waals surface area contributed by atoms with Gasteiger partial charge in [0.1, 0.15) is 0 Å². The van der Waals surface area contributed by atoms with Gasteiger partial charge in [0.2, 0.25) is 5.91 Å². The van der Waals surface area contributed by atoms with E-state index >= 15 is 0 Å². The summed E-state index contributed by atoms with van der Waals surface area (Å²) in [7, 11) is -3.07. The molecule has 1 rings (SSSR count). The molecule has 0 bridgehead atoms. The number of benzene rings is 1. The Hall–Kier alpha value is -1.89.